The lowest BCUT2D eigenvalue weighted by atomic mass is 10.3. The van der Waals surface area contributed by atoms with Crippen LogP contribution in [-0.4, -0.2) is 59.7 Å². The Labute approximate surface area is 121 Å². The van der Waals surface area contributed by atoms with Crippen LogP contribution in [0.1, 0.15) is 0 Å². The van der Waals surface area contributed by atoms with Gasteiger partial charge in [-0.25, -0.2) is 4.79 Å². The molecule has 1 aromatic rings. The Balaban J connectivity index is 1.78. The fourth-order valence-corrected chi connectivity index (χ4v) is 2.04. The summed E-state index contributed by atoms with van der Waals surface area (Å²) in [5.74, 6) is 0.428. The highest BCUT2D eigenvalue weighted by atomic mass is 35.5. The Bertz CT molecular complexity index is 484. The molecule has 1 heterocycles. The number of piperazine rings is 1. The van der Waals surface area contributed by atoms with Crippen LogP contribution < -0.4 is 4.74 Å². The van der Waals surface area contributed by atoms with Crippen molar-refractivity contribution in [2.24, 2.45) is 0 Å². The maximum Gasteiger partial charge on any atom is 0.407 e. The summed E-state index contributed by atoms with van der Waals surface area (Å²) >= 11 is 5.75. The third-order valence-electron chi connectivity index (χ3n) is 3.08. The predicted molar refractivity (Wildman–Crippen MR) is 73.1 cm³/mol. The lowest BCUT2D eigenvalue weighted by molar-refractivity contribution is -0.134. The fraction of sp³-hybridized carbons (Fsp3) is 0.385. The zero-order valence-electron chi connectivity index (χ0n) is 10.8. The van der Waals surface area contributed by atoms with E-state index in [9.17, 15) is 9.59 Å². The Morgan fingerprint density at radius 1 is 1.10 bits per heavy atom. The van der Waals surface area contributed by atoms with Crippen molar-refractivity contribution < 1.29 is 19.4 Å². The Morgan fingerprint density at radius 3 is 2.20 bits per heavy atom. The van der Waals surface area contributed by atoms with Crippen molar-refractivity contribution in [3.05, 3.63) is 29.3 Å². The molecule has 6 nitrogen and oxygen atoms in total. The number of halogens is 1. The zero-order chi connectivity index (χ0) is 14.5. The molecule has 0 bridgehead atoms. The minimum atomic E-state index is -0.950. The van der Waals surface area contributed by atoms with Gasteiger partial charge in [0.15, 0.2) is 6.61 Å². The summed E-state index contributed by atoms with van der Waals surface area (Å²) in [5, 5.41) is 9.43. The second kappa shape index (κ2) is 6.47. The zero-order valence-corrected chi connectivity index (χ0v) is 11.5. The normalized spacial score (nSPS) is 15.1. The van der Waals surface area contributed by atoms with Crippen LogP contribution in [0.4, 0.5) is 4.79 Å². The minimum Gasteiger partial charge on any atom is -0.484 e. The van der Waals surface area contributed by atoms with Crippen molar-refractivity contribution in [2.45, 2.75) is 0 Å². The standard InChI is InChI=1S/C13H15ClN2O4/c14-10-1-3-11(4-2-10)20-9-12(17)15-5-7-16(8-6-15)13(18)19/h1-4H,5-9H2,(H,18,19). The van der Waals surface area contributed by atoms with Gasteiger partial charge >= 0.3 is 6.09 Å². The maximum absolute atomic E-state index is 11.9. The molecular weight excluding hydrogens is 284 g/mol. The molecule has 0 radical (unpaired) electrons. The Hall–Kier alpha value is -1.95. The molecule has 0 aromatic heterocycles. The van der Waals surface area contributed by atoms with Gasteiger partial charge in [-0.1, -0.05) is 11.6 Å². The molecule has 2 rings (SSSR count). The molecule has 1 saturated heterocycles. The van der Waals surface area contributed by atoms with E-state index in [1.807, 2.05) is 0 Å². The molecule has 0 unspecified atom stereocenters. The first kappa shape index (κ1) is 14.5. The number of amides is 2. The quantitative estimate of drug-likeness (QED) is 0.919. The topological polar surface area (TPSA) is 70.1 Å². The molecule has 7 heteroatoms. The lowest BCUT2D eigenvalue weighted by Gasteiger charge is -2.33. The monoisotopic (exact) mass is 298 g/mol. The van der Waals surface area contributed by atoms with Gasteiger partial charge in [0.2, 0.25) is 0 Å². The molecule has 1 aliphatic rings. The summed E-state index contributed by atoms with van der Waals surface area (Å²) in [6, 6.07) is 6.76. The van der Waals surface area contributed by atoms with Crippen LogP contribution in [-0.2, 0) is 4.79 Å². The van der Waals surface area contributed by atoms with E-state index in [2.05, 4.69) is 0 Å². The first-order valence-corrected chi connectivity index (χ1v) is 6.58. The van der Waals surface area contributed by atoms with E-state index in [0.717, 1.165) is 0 Å². The number of hydrogen-bond donors (Lipinski definition) is 1. The van der Waals surface area contributed by atoms with Crippen molar-refractivity contribution >= 4 is 23.6 Å². The molecule has 1 aliphatic heterocycles. The van der Waals surface area contributed by atoms with E-state index in [4.69, 9.17) is 21.4 Å². The number of benzene rings is 1. The summed E-state index contributed by atoms with van der Waals surface area (Å²) in [6.45, 7) is 1.41. The maximum atomic E-state index is 11.9. The average Bonchev–Trinajstić information content (AvgIpc) is 2.46. The van der Waals surface area contributed by atoms with E-state index >= 15 is 0 Å². The van der Waals surface area contributed by atoms with Crippen LogP contribution in [0.3, 0.4) is 0 Å². The van der Waals surface area contributed by atoms with Crippen LogP contribution in [0.2, 0.25) is 5.02 Å². The van der Waals surface area contributed by atoms with Crippen molar-refractivity contribution in [1.82, 2.24) is 9.80 Å². The molecule has 0 saturated carbocycles. The van der Waals surface area contributed by atoms with Crippen molar-refractivity contribution in [1.29, 1.82) is 0 Å². The summed E-state index contributed by atoms with van der Waals surface area (Å²) in [6.07, 6.45) is -0.950. The number of carbonyl (C=O) groups is 2. The molecule has 0 atom stereocenters. The van der Waals surface area contributed by atoms with E-state index < -0.39 is 6.09 Å². The lowest BCUT2D eigenvalue weighted by Crippen LogP contribution is -2.51. The second-order valence-electron chi connectivity index (χ2n) is 4.39. The van der Waals surface area contributed by atoms with Gasteiger partial charge in [0, 0.05) is 31.2 Å². The highest BCUT2D eigenvalue weighted by Crippen LogP contribution is 2.15. The van der Waals surface area contributed by atoms with Crippen molar-refractivity contribution in [3.8, 4) is 5.75 Å². The third-order valence-corrected chi connectivity index (χ3v) is 3.33. The molecule has 1 fully saturated rings. The average molecular weight is 299 g/mol. The molecule has 2 amide bonds. The van der Waals surface area contributed by atoms with E-state index in [1.165, 1.54) is 4.90 Å². The molecule has 0 aliphatic carbocycles. The summed E-state index contributed by atoms with van der Waals surface area (Å²) < 4.78 is 5.37. The van der Waals surface area contributed by atoms with Crippen LogP contribution in [0.25, 0.3) is 0 Å². The number of hydrogen-bond acceptors (Lipinski definition) is 3. The number of rotatable bonds is 3. The van der Waals surface area contributed by atoms with Crippen LogP contribution in [0.5, 0.6) is 5.75 Å². The van der Waals surface area contributed by atoms with Gasteiger partial charge in [-0.05, 0) is 24.3 Å². The first-order chi connectivity index (χ1) is 9.56. The van der Waals surface area contributed by atoms with Crippen molar-refractivity contribution in [2.75, 3.05) is 32.8 Å². The third kappa shape index (κ3) is 3.77. The van der Waals surface area contributed by atoms with Gasteiger partial charge in [0.1, 0.15) is 5.75 Å². The van der Waals surface area contributed by atoms with Gasteiger partial charge in [0.05, 0.1) is 0 Å². The van der Waals surface area contributed by atoms with E-state index in [1.54, 1.807) is 29.2 Å². The van der Waals surface area contributed by atoms with Crippen LogP contribution in [0.15, 0.2) is 24.3 Å². The van der Waals surface area contributed by atoms with Gasteiger partial charge in [-0.3, -0.25) is 4.79 Å². The van der Waals surface area contributed by atoms with Gasteiger partial charge in [-0.2, -0.15) is 0 Å². The number of ether oxygens (including phenoxy) is 1. The highest BCUT2D eigenvalue weighted by Gasteiger charge is 2.23. The fourth-order valence-electron chi connectivity index (χ4n) is 1.91. The smallest absolute Gasteiger partial charge is 0.407 e. The van der Waals surface area contributed by atoms with Crippen LogP contribution >= 0.6 is 11.6 Å². The van der Waals surface area contributed by atoms with Crippen LogP contribution in [0, 0.1) is 0 Å². The van der Waals surface area contributed by atoms with Gasteiger partial charge in [-0.15, -0.1) is 0 Å². The number of nitrogens with zero attached hydrogens (tertiary/aromatic N) is 2. The first-order valence-electron chi connectivity index (χ1n) is 6.20. The second-order valence-corrected chi connectivity index (χ2v) is 4.83. The Kier molecular flexibility index (Phi) is 4.68. The summed E-state index contributed by atoms with van der Waals surface area (Å²) in [7, 11) is 0. The molecule has 20 heavy (non-hydrogen) atoms. The number of carboxylic acid groups (broad SMARTS) is 1. The van der Waals surface area contributed by atoms with E-state index in [0.29, 0.717) is 37.0 Å². The molecule has 1 aromatic carbocycles. The van der Waals surface area contributed by atoms with Crippen molar-refractivity contribution in [3.63, 3.8) is 0 Å². The summed E-state index contributed by atoms with van der Waals surface area (Å²) in [5.41, 5.74) is 0. The van der Waals surface area contributed by atoms with Gasteiger partial charge in [0.25, 0.3) is 5.91 Å². The minimum absolute atomic E-state index is 0.0608. The van der Waals surface area contributed by atoms with E-state index in [-0.39, 0.29) is 12.5 Å². The molecule has 1 N–H and O–H groups in total. The van der Waals surface area contributed by atoms with Gasteiger partial charge < -0.3 is 19.6 Å². The largest absolute Gasteiger partial charge is 0.484 e. The summed E-state index contributed by atoms with van der Waals surface area (Å²) in [4.78, 5) is 25.6. The number of carbonyl (C=O) groups excluding carboxylic acids is 1. The molecular formula is C13H15ClN2O4. The SMILES string of the molecule is O=C(O)N1CCN(C(=O)COc2ccc(Cl)cc2)CC1. The Morgan fingerprint density at radius 2 is 1.65 bits per heavy atom. The molecule has 108 valence electrons. The molecule has 0 spiro atoms. The highest BCUT2D eigenvalue weighted by molar-refractivity contribution is 6.30. The predicted octanol–water partition coefficient (Wildman–Crippen LogP) is 1.54.